The van der Waals surface area contributed by atoms with Crippen molar-refractivity contribution >= 4 is 0 Å². The van der Waals surface area contributed by atoms with E-state index in [1.165, 1.54) is 12.1 Å². The molecule has 2 rings (SSSR count). The van der Waals surface area contributed by atoms with Crippen LogP contribution in [0.25, 0.3) is 0 Å². The number of aliphatic hydroxyl groups excluding tert-OH is 1. The van der Waals surface area contributed by atoms with Crippen molar-refractivity contribution in [2.45, 2.75) is 19.6 Å². The molecular formula is C17H20FNO2. The molecule has 0 amide bonds. The van der Waals surface area contributed by atoms with Crippen molar-refractivity contribution in [3.8, 4) is 5.75 Å². The summed E-state index contributed by atoms with van der Waals surface area (Å²) in [7, 11) is 1.59. The molecule has 0 aliphatic heterocycles. The van der Waals surface area contributed by atoms with Crippen molar-refractivity contribution in [1.82, 2.24) is 5.32 Å². The Balaban J connectivity index is 1.94. The summed E-state index contributed by atoms with van der Waals surface area (Å²) in [5.74, 6) is 0.431. The Morgan fingerprint density at radius 3 is 2.57 bits per heavy atom. The number of aliphatic hydroxyl groups is 1. The van der Waals surface area contributed by atoms with Gasteiger partial charge in [-0.1, -0.05) is 23.8 Å². The molecule has 3 nitrogen and oxygen atoms in total. The van der Waals surface area contributed by atoms with E-state index in [1.54, 1.807) is 19.2 Å². The number of hydrogen-bond acceptors (Lipinski definition) is 3. The van der Waals surface area contributed by atoms with Crippen LogP contribution in [0.5, 0.6) is 5.75 Å². The first kappa shape index (κ1) is 15.5. The maximum Gasteiger partial charge on any atom is 0.124 e. The van der Waals surface area contributed by atoms with Gasteiger partial charge in [0.25, 0.3) is 0 Å². The third-order valence-corrected chi connectivity index (χ3v) is 3.32. The molecule has 0 aromatic heterocycles. The molecule has 0 aliphatic carbocycles. The Hall–Kier alpha value is -1.91. The van der Waals surface area contributed by atoms with E-state index in [9.17, 15) is 9.50 Å². The van der Waals surface area contributed by atoms with Crippen LogP contribution in [0.15, 0.2) is 42.5 Å². The lowest BCUT2D eigenvalue weighted by atomic mass is 10.0. The molecule has 2 aromatic carbocycles. The molecule has 0 saturated heterocycles. The summed E-state index contributed by atoms with van der Waals surface area (Å²) in [5.41, 5.74) is 2.81. The summed E-state index contributed by atoms with van der Waals surface area (Å²) >= 11 is 0. The topological polar surface area (TPSA) is 41.5 Å². The van der Waals surface area contributed by atoms with Crippen molar-refractivity contribution in [2.75, 3.05) is 13.7 Å². The smallest absolute Gasteiger partial charge is 0.124 e. The van der Waals surface area contributed by atoms with E-state index in [4.69, 9.17) is 4.74 Å². The first-order chi connectivity index (χ1) is 10.1. The first-order valence-corrected chi connectivity index (χ1v) is 6.88. The first-order valence-electron chi connectivity index (χ1n) is 6.88. The zero-order valence-electron chi connectivity index (χ0n) is 12.3. The van der Waals surface area contributed by atoms with Gasteiger partial charge in [-0.25, -0.2) is 4.39 Å². The fourth-order valence-corrected chi connectivity index (χ4v) is 2.18. The zero-order chi connectivity index (χ0) is 15.2. The van der Waals surface area contributed by atoms with Crippen LogP contribution in [0.2, 0.25) is 0 Å². The number of methoxy groups -OCH3 is 1. The lowest BCUT2D eigenvalue weighted by Gasteiger charge is -2.16. The Labute approximate surface area is 124 Å². The van der Waals surface area contributed by atoms with Gasteiger partial charge in [-0.3, -0.25) is 0 Å². The molecule has 2 aromatic rings. The monoisotopic (exact) mass is 289 g/mol. The minimum absolute atomic E-state index is 0.247. The molecule has 112 valence electrons. The Kier molecular flexibility index (Phi) is 5.31. The van der Waals surface area contributed by atoms with Gasteiger partial charge in [-0.05, 0) is 36.8 Å². The molecule has 0 saturated carbocycles. The minimum Gasteiger partial charge on any atom is -0.496 e. The summed E-state index contributed by atoms with van der Waals surface area (Å²) in [6.45, 7) is 2.95. The van der Waals surface area contributed by atoms with E-state index in [-0.39, 0.29) is 5.82 Å². The molecular weight excluding hydrogens is 269 g/mol. The van der Waals surface area contributed by atoms with E-state index in [2.05, 4.69) is 5.32 Å². The zero-order valence-corrected chi connectivity index (χ0v) is 12.3. The van der Waals surface area contributed by atoms with E-state index >= 15 is 0 Å². The van der Waals surface area contributed by atoms with E-state index in [0.717, 1.165) is 16.7 Å². The standard InChI is InChI=1S/C17H20FNO2/c1-12-3-8-17(21-2)15(9-12)16(20)11-19-10-13-4-6-14(18)7-5-13/h3-9,16,19-20H,10-11H2,1-2H3. The van der Waals surface area contributed by atoms with E-state index in [1.807, 2.05) is 25.1 Å². The van der Waals surface area contributed by atoms with Crippen molar-refractivity contribution < 1.29 is 14.2 Å². The second-order valence-corrected chi connectivity index (χ2v) is 5.02. The molecule has 2 N–H and O–H groups in total. The highest BCUT2D eigenvalue weighted by molar-refractivity contribution is 5.38. The SMILES string of the molecule is COc1ccc(C)cc1C(O)CNCc1ccc(F)cc1. The van der Waals surface area contributed by atoms with Gasteiger partial charge in [0, 0.05) is 18.7 Å². The lowest BCUT2D eigenvalue weighted by molar-refractivity contribution is 0.170. The summed E-state index contributed by atoms with van der Waals surface area (Å²) in [6.07, 6.45) is -0.653. The van der Waals surface area contributed by atoms with Crippen molar-refractivity contribution in [3.63, 3.8) is 0 Å². The van der Waals surface area contributed by atoms with Gasteiger partial charge >= 0.3 is 0 Å². The predicted octanol–water partition coefficient (Wildman–Crippen LogP) is 2.97. The highest BCUT2D eigenvalue weighted by atomic mass is 19.1. The number of rotatable bonds is 6. The average molecular weight is 289 g/mol. The number of aryl methyl sites for hydroxylation is 1. The van der Waals surface area contributed by atoms with Gasteiger partial charge in [0.05, 0.1) is 13.2 Å². The van der Waals surface area contributed by atoms with Crippen LogP contribution in [0.3, 0.4) is 0 Å². The van der Waals surface area contributed by atoms with E-state index < -0.39 is 6.10 Å². The van der Waals surface area contributed by atoms with Crippen LogP contribution in [-0.2, 0) is 6.54 Å². The quantitative estimate of drug-likeness (QED) is 0.859. The van der Waals surface area contributed by atoms with Crippen molar-refractivity contribution in [2.24, 2.45) is 0 Å². The molecule has 1 unspecified atom stereocenters. The van der Waals surface area contributed by atoms with Gasteiger partial charge in [-0.2, -0.15) is 0 Å². The minimum atomic E-state index is -0.653. The van der Waals surface area contributed by atoms with Crippen LogP contribution in [0, 0.1) is 12.7 Å². The van der Waals surface area contributed by atoms with Gasteiger partial charge < -0.3 is 15.2 Å². The van der Waals surface area contributed by atoms with Gasteiger partial charge in [-0.15, -0.1) is 0 Å². The fourth-order valence-electron chi connectivity index (χ4n) is 2.18. The van der Waals surface area contributed by atoms with Crippen LogP contribution >= 0.6 is 0 Å². The fraction of sp³-hybridized carbons (Fsp3) is 0.294. The largest absolute Gasteiger partial charge is 0.496 e. The van der Waals surface area contributed by atoms with Crippen molar-refractivity contribution in [3.05, 3.63) is 65.0 Å². The number of halogens is 1. The predicted molar refractivity (Wildman–Crippen MR) is 80.8 cm³/mol. The highest BCUT2D eigenvalue weighted by Crippen LogP contribution is 2.25. The summed E-state index contributed by atoms with van der Waals surface area (Å²) in [4.78, 5) is 0. The second-order valence-electron chi connectivity index (χ2n) is 5.02. The van der Waals surface area contributed by atoms with Crippen LogP contribution in [-0.4, -0.2) is 18.8 Å². The lowest BCUT2D eigenvalue weighted by Crippen LogP contribution is -2.21. The summed E-state index contributed by atoms with van der Waals surface area (Å²) in [5, 5.41) is 13.4. The molecule has 1 atom stereocenters. The van der Waals surface area contributed by atoms with Crippen molar-refractivity contribution in [1.29, 1.82) is 0 Å². The Bertz CT molecular complexity index is 584. The molecule has 0 heterocycles. The summed E-state index contributed by atoms with van der Waals surface area (Å²) in [6, 6.07) is 12.0. The normalized spacial score (nSPS) is 12.2. The molecule has 0 bridgehead atoms. The van der Waals surface area contributed by atoms with E-state index in [0.29, 0.717) is 18.8 Å². The molecule has 0 radical (unpaired) electrons. The van der Waals surface area contributed by atoms with Gasteiger partial charge in [0.15, 0.2) is 0 Å². The third kappa shape index (κ3) is 4.28. The Morgan fingerprint density at radius 2 is 1.90 bits per heavy atom. The van der Waals surface area contributed by atoms with Crippen LogP contribution in [0.1, 0.15) is 22.8 Å². The average Bonchev–Trinajstić information content (AvgIpc) is 2.49. The number of benzene rings is 2. The molecule has 4 heteroatoms. The van der Waals surface area contributed by atoms with Crippen LogP contribution < -0.4 is 10.1 Å². The van der Waals surface area contributed by atoms with Gasteiger partial charge in [0.1, 0.15) is 11.6 Å². The number of nitrogens with one attached hydrogen (secondary N) is 1. The molecule has 0 spiro atoms. The molecule has 0 fully saturated rings. The number of ether oxygens (including phenoxy) is 1. The molecule has 21 heavy (non-hydrogen) atoms. The van der Waals surface area contributed by atoms with Gasteiger partial charge in [0.2, 0.25) is 0 Å². The maximum atomic E-state index is 12.8. The number of hydrogen-bond donors (Lipinski definition) is 2. The second kappa shape index (κ2) is 7.20. The molecule has 0 aliphatic rings. The Morgan fingerprint density at radius 1 is 1.19 bits per heavy atom. The third-order valence-electron chi connectivity index (χ3n) is 3.32. The van der Waals surface area contributed by atoms with Crippen LogP contribution in [0.4, 0.5) is 4.39 Å². The maximum absolute atomic E-state index is 12.8. The summed E-state index contributed by atoms with van der Waals surface area (Å²) < 4.78 is 18.1. The highest BCUT2D eigenvalue weighted by Gasteiger charge is 2.13.